The van der Waals surface area contributed by atoms with E-state index in [-0.39, 0.29) is 30.2 Å². The molecule has 7 heteroatoms. The number of rotatable bonds is 4. The molecule has 1 aromatic rings. The van der Waals surface area contributed by atoms with Crippen LogP contribution in [0.3, 0.4) is 0 Å². The number of hydrogen-bond acceptors (Lipinski definition) is 6. The number of benzene rings is 1. The van der Waals surface area contributed by atoms with Crippen LogP contribution in [-0.2, 0) is 14.4 Å². The number of carbonyl (C=O) groups is 3. The van der Waals surface area contributed by atoms with Crippen LogP contribution in [0.15, 0.2) is 36.4 Å². The second-order valence-electron chi connectivity index (χ2n) is 6.54. The highest BCUT2D eigenvalue weighted by Crippen LogP contribution is 2.45. The minimum atomic E-state index is -0.587. The molecule has 136 valence electrons. The molecule has 0 radical (unpaired) electrons. The first-order valence-electron chi connectivity index (χ1n) is 8.67. The summed E-state index contributed by atoms with van der Waals surface area (Å²) in [5, 5.41) is 0. The molecule has 1 aromatic carbocycles. The third-order valence-corrected chi connectivity index (χ3v) is 8.00. The Hall–Kier alpha value is -1.73. The van der Waals surface area contributed by atoms with E-state index < -0.39 is 5.97 Å². The monoisotopic (exact) mass is 389 g/mol. The molecule has 2 atom stereocenters. The first-order valence-corrected chi connectivity index (χ1v) is 10.8. The van der Waals surface area contributed by atoms with Crippen LogP contribution in [0.2, 0.25) is 0 Å². The largest absolute Gasteiger partial charge is 0.425 e. The number of fused-ring (bicyclic) bond motifs is 1. The maximum atomic E-state index is 12.4. The van der Waals surface area contributed by atoms with E-state index in [2.05, 4.69) is 0 Å². The fraction of sp³-hybridized carbons (Fsp3) is 0.421. The number of hydrogen-bond donors (Lipinski definition) is 0. The average Bonchev–Trinajstić information content (AvgIpc) is 3.27. The molecular weight excluding hydrogens is 370 g/mol. The van der Waals surface area contributed by atoms with Crippen molar-refractivity contribution in [3.63, 3.8) is 0 Å². The zero-order valence-corrected chi connectivity index (χ0v) is 15.8. The van der Waals surface area contributed by atoms with Gasteiger partial charge in [-0.2, -0.15) is 0 Å². The number of likely N-dealkylation sites (tertiary alicyclic amines) is 1. The van der Waals surface area contributed by atoms with Crippen molar-refractivity contribution in [2.75, 3.05) is 18.1 Å². The normalized spacial score (nSPS) is 25.6. The van der Waals surface area contributed by atoms with E-state index in [4.69, 9.17) is 4.74 Å². The van der Waals surface area contributed by atoms with Gasteiger partial charge in [0.15, 0.2) is 0 Å². The summed E-state index contributed by atoms with van der Waals surface area (Å²) >= 11 is 3.83. The highest BCUT2D eigenvalue weighted by molar-refractivity contribution is 8.19. The van der Waals surface area contributed by atoms with Gasteiger partial charge >= 0.3 is 5.97 Å². The lowest BCUT2D eigenvalue weighted by molar-refractivity contribution is -0.148. The zero-order chi connectivity index (χ0) is 18.1. The van der Waals surface area contributed by atoms with E-state index in [0.29, 0.717) is 23.2 Å². The van der Waals surface area contributed by atoms with Crippen molar-refractivity contribution in [1.29, 1.82) is 0 Å². The van der Waals surface area contributed by atoms with Crippen molar-refractivity contribution < 1.29 is 19.1 Å². The van der Waals surface area contributed by atoms with Gasteiger partial charge < -0.3 is 4.74 Å². The lowest BCUT2D eigenvalue weighted by atomic mass is 9.85. The van der Waals surface area contributed by atoms with E-state index in [0.717, 1.165) is 16.4 Å². The number of allylic oxidation sites excluding steroid dienone is 2. The number of esters is 1. The lowest BCUT2D eigenvalue weighted by Crippen LogP contribution is -2.37. The quantitative estimate of drug-likeness (QED) is 0.341. The predicted molar refractivity (Wildman–Crippen MR) is 102 cm³/mol. The predicted octanol–water partition coefficient (Wildman–Crippen LogP) is 3.02. The molecule has 0 N–H and O–H groups in total. The van der Waals surface area contributed by atoms with Crippen molar-refractivity contribution in [3.05, 3.63) is 42.0 Å². The van der Waals surface area contributed by atoms with E-state index in [1.165, 1.54) is 5.56 Å². The second-order valence-corrected chi connectivity index (χ2v) is 9.26. The van der Waals surface area contributed by atoms with Gasteiger partial charge in [0, 0.05) is 11.5 Å². The molecule has 0 aromatic heterocycles. The van der Waals surface area contributed by atoms with Crippen LogP contribution in [0, 0.1) is 11.8 Å². The molecule has 5 nitrogen and oxygen atoms in total. The van der Waals surface area contributed by atoms with Crippen LogP contribution in [-0.4, -0.2) is 40.7 Å². The van der Waals surface area contributed by atoms with Crippen molar-refractivity contribution in [1.82, 2.24) is 4.90 Å². The second kappa shape index (κ2) is 7.48. The Balaban J connectivity index is 1.36. The highest BCUT2D eigenvalue weighted by Gasteiger charge is 2.47. The summed E-state index contributed by atoms with van der Waals surface area (Å²) in [5.74, 6) is 1.00. The first kappa shape index (κ1) is 17.7. The maximum absolute atomic E-state index is 12.4. The molecular formula is C19H19NO4S2. The fourth-order valence-corrected chi connectivity index (χ4v) is 6.42. The van der Waals surface area contributed by atoms with Crippen LogP contribution < -0.4 is 4.74 Å². The molecule has 0 spiro atoms. The van der Waals surface area contributed by atoms with Crippen molar-refractivity contribution in [2.24, 2.45) is 11.8 Å². The third kappa shape index (κ3) is 3.42. The fourth-order valence-electron chi connectivity index (χ4n) is 3.56. The number of imide groups is 1. The van der Waals surface area contributed by atoms with Crippen LogP contribution in [0.25, 0.3) is 0 Å². The average molecular weight is 389 g/mol. The molecule has 1 aliphatic carbocycles. The molecule has 3 aliphatic rings. The molecule has 26 heavy (non-hydrogen) atoms. The molecule has 4 rings (SSSR count). The number of ether oxygens (including phenoxy) is 1. The van der Waals surface area contributed by atoms with E-state index in [1.54, 1.807) is 12.1 Å². The van der Waals surface area contributed by atoms with Gasteiger partial charge in [0.25, 0.3) is 0 Å². The molecule has 2 heterocycles. The van der Waals surface area contributed by atoms with Gasteiger partial charge in [0.1, 0.15) is 12.3 Å². The van der Waals surface area contributed by atoms with Crippen LogP contribution in [0.4, 0.5) is 0 Å². The number of nitrogens with zero attached hydrogens (tertiary/aromatic N) is 1. The lowest BCUT2D eigenvalue weighted by Gasteiger charge is -2.14. The number of amides is 2. The number of thioether (sulfide) groups is 2. The Kier molecular flexibility index (Phi) is 5.09. The van der Waals surface area contributed by atoms with E-state index >= 15 is 0 Å². The summed E-state index contributed by atoms with van der Waals surface area (Å²) in [7, 11) is 0. The smallest absolute Gasteiger partial charge is 0.331 e. The van der Waals surface area contributed by atoms with Gasteiger partial charge in [-0.1, -0.05) is 24.3 Å². The van der Waals surface area contributed by atoms with Crippen LogP contribution in [0.1, 0.15) is 23.0 Å². The molecule has 2 aliphatic heterocycles. The third-order valence-electron chi connectivity index (χ3n) is 4.89. The summed E-state index contributed by atoms with van der Waals surface area (Å²) in [6, 6.07) is 7.46. The molecule has 2 amide bonds. The minimum Gasteiger partial charge on any atom is -0.425 e. The number of carbonyl (C=O) groups excluding carboxylic acids is 3. The van der Waals surface area contributed by atoms with Gasteiger partial charge in [-0.25, -0.2) is 4.79 Å². The van der Waals surface area contributed by atoms with Gasteiger partial charge in [-0.15, -0.1) is 23.5 Å². The Bertz CT molecular complexity index is 729. The topological polar surface area (TPSA) is 63.7 Å². The van der Waals surface area contributed by atoms with Crippen molar-refractivity contribution in [3.8, 4) is 5.75 Å². The summed E-state index contributed by atoms with van der Waals surface area (Å²) < 4.78 is 5.77. The zero-order valence-electron chi connectivity index (χ0n) is 14.1. The summed E-state index contributed by atoms with van der Waals surface area (Å²) in [6.07, 6.45) is 4.99. The van der Waals surface area contributed by atoms with Gasteiger partial charge in [0.2, 0.25) is 11.8 Å². The summed E-state index contributed by atoms with van der Waals surface area (Å²) in [4.78, 5) is 38.1. The standard InChI is InChI=1S/C19H19NO4S2/c21-16(11-20-17(22)14-3-1-2-4-15(14)18(20)23)24-13-7-5-12(6-8-13)19-25-9-10-26-19/h1-2,5-8,14-15,19H,3-4,9-11H2/t14-,15+. The Morgan fingerprint density at radius 1 is 1.00 bits per heavy atom. The maximum Gasteiger partial charge on any atom is 0.331 e. The minimum absolute atomic E-state index is 0.257. The molecule has 0 saturated carbocycles. The Morgan fingerprint density at radius 3 is 2.15 bits per heavy atom. The highest BCUT2D eigenvalue weighted by atomic mass is 32.2. The van der Waals surface area contributed by atoms with Gasteiger partial charge in [0.05, 0.1) is 16.4 Å². The SMILES string of the molecule is O=C(CN1C(=O)[C@H]2CC=CC[C@H]2C1=O)Oc1ccc(C2SCCS2)cc1. The molecule has 0 bridgehead atoms. The van der Waals surface area contributed by atoms with Gasteiger partial charge in [-0.3, -0.25) is 14.5 Å². The van der Waals surface area contributed by atoms with E-state index in [1.807, 2.05) is 47.8 Å². The Morgan fingerprint density at radius 2 is 1.58 bits per heavy atom. The molecule has 0 unspecified atom stereocenters. The molecule has 2 fully saturated rings. The van der Waals surface area contributed by atoms with Gasteiger partial charge in [-0.05, 0) is 30.5 Å². The van der Waals surface area contributed by atoms with Crippen LogP contribution in [0.5, 0.6) is 5.75 Å². The summed E-state index contributed by atoms with van der Waals surface area (Å²) in [5.41, 5.74) is 1.21. The first-order chi connectivity index (χ1) is 12.6. The van der Waals surface area contributed by atoms with Crippen LogP contribution >= 0.6 is 23.5 Å². The Labute approximate surface area is 160 Å². The summed E-state index contributed by atoms with van der Waals surface area (Å²) in [6.45, 7) is -0.319. The van der Waals surface area contributed by atoms with Crippen molar-refractivity contribution >= 4 is 41.3 Å². The molecule has 2 saturated heterocycles. The van der Waals surface area contributed by atoms with E-state index in [9.17, 15) is 14.4 Å². The van der Waals surface area contributed by atoms with Crippen molar-refractivity contribution in [2.45, 2.75) is 17.4 Å².